The zero-order chi connectivity index (χ0) is 15.7. The van der Waals surface area contributed by atoms with E-state index < -0.39 is 11.7 Å². The second-order valence-corrected chi connectivity index (χ2v) is 6.63. The molecule has 8 heteroatoms. The molecule has 2 aliphatic rings. The lowest BCUT2D eigenvalue weighted by Crippen LogP contribution is -2.45. The summed E-state index contributed by atoms with van der Waals surface area (Å²) in [4.78, 5) is 2.30. The molecule has 1 atom stereocenters. The zero-order valence-electron chi connectivity index (χ0n) is 13.1. The van der Waals surface area contributed by atoms with Crippen LogP contribution >= 0.6 is 36.4 Å². The van der Waals surface area contributed by atoms with Gasteiger partial charge in [-0.05, 0) is 30.0 Å². The molecule has 2 fully saturated rings. The first-order valence-corrected chi connectivity index (χ1v) is 8.14. The number of alkyl halides is 3. The lowest BCUT2D eigenvalue weighted by Gasteiger charge is -2.35. The lowest BCUT2D eigenvalue weighted by molar-refractivity contribution is -0.137. The van der Waals surface area contributed by atoms with E-state index in [4.69, 9.17) is 11.6 Å². The summed E-state index contributed by atoms with van der Waals surface area (Å²) in [6, 6.07) is 4.46. The van der Waals surface area contributed by atoms with Crippen molar-refractivity contribution in [3.63, 3.8) is 0 Å². The first kappa shape index (κ1) is 21.8. The third-order valence-corrected chi connectivity index (χ3v) is 4.86. The maximum Gasteiger partial charge on any atom is 0.417 e. The van der Waals surface area contributed by atoms with Gasteiger partial charge in [-0.2, -0.15) is 13.2 Å². The Hall–Kier alpha value is -0.200. The number of hydrogen-bond donors (Lipinski definition) is 1. The van der Waals surface area contributed by atoms with Crippen LogP contribution in [0.2, 0.25) is 5.02 Å². The van der Waals surface area contributed by atoms with Gasteiger partial charge in [-0.15, -0.1) is 24.8 Å². The predicted octanol–water partition coefficient (Wildman–Crippen LogP) is 4.95. The highest BCUT2D eigenvalue weighted by atomic mass is 35.5. The van der Waals surface area contributed by atoms with Gasteiger partial charge in [0, 0.05) is 32.2 Å². The van der Waals surface area contributed by atoms with E-state index >= 15 is 0 Å². The number of piperazine rings is 1. The Bertz CT molecular complexity index is 530. The standard InChI is InChI=1S/C16H20ClF3N2.2ClH/c17-14-4-3-12(10-13(14)16(18,19)20)15(9-11-1-2-11)22-7-5-21-6-8-22;;/h3-4,10-11,15,21H,1-2,5-9H2;2*1H/t15-;;/m0../s1. The van der Waals surface area contributed by atoms with Crippen LogP contribution in [0.1, 0.15) is 36.4 Å². The molecule has 1 heterocycles. The van der Waals surface area contributed by atoms with Crippen LogP contribution in [0.3, 0.4) is 0 Å². The highest BCUT2D eigenvalue weighted by Gasteiger charge is 2.35. The minimum Gasteiger partial charge on any atom is -0.314 e. The molecule has 1 N–H and O–H groups in total. The van der Waals surface area contributed by atoms with Crippen molar-refractivity contribution in [3.05, 3.63) is 34.3 Å². The highest BCUT2D eigenvalue weighted by Crippen LogP contribution is 2.42. The molecule has 138 valence electrons. The van der Waals surface area contributed by atoms with Gasteiger partial charge in [-0.3, -0.25) is 4.90 Å². The van der Waals surface area contributed by atoms with Crippen molar-refractivity contribution in [2.45, 2.75) is 31.5 Å². The van der Waals surface area contributed by atoms with Crippen molar-refractivity contribution in [3.8, 4) is 0 Å². The van der Waals surface area contributed by atoms with E-state index in [1.807, 2.05) is 0 Å². The maximum atomic E-state index is 13.1. The molecule has 1 aromatic rings. The second-order valence-electron chi connectivity index (χ2n) is 6.22. The Morgan fingerprint density at radius 1 is 1.17 bits per heavy atom. The summed E-state index contributed by atoms with van der Waals surface area (Å²) < 4.78 is 39.3. The van der Waals surface area contributed by atoms with Gasteiger partial charge in [0.25, 0.3) is 0 Å². The smallest absolute Gasteiger partial charge is 0.314 e. The van der Waals surface area contributed by atoms with E-state index in [2.05, 4.69) is 10.2 Å². The molecule has 1 saturated carbocycles. The van der Waals surface area contributed by atoms with E-state index in [0.29, 0.717) is 5.92 Å². The monoisotopic (exact) mass is 404 g/mol. The van der Waals surface area contributed by atoms with Gasteiger partial charge < -0.3 is 5.32 Å². The molecule has 0 aromatic heterocycles. The number of benzene rings is 1. The Morgan fingerprint density at radius 3 is 2.33 bits per heavy atom. The fourth-order valence-corrected chi connectivity index (χ4v) is 3.35. The summed E-state index contributed by atoms with van der Waals surface area (Å²) in [5, 5.41) is 3.07. The summed E-state index contributed by atoms with van der Waals surface area (Å²) in [5.74, 6) is 0.657. The SMILES string of the molecule is Cl.Cl.FC(F)(F)c1cc([C@H](CC2CC2)N2CCNCC2)ccc1Cl. The third kappa shape index (κ3) is 5.40. The summed E-state index contributed by atoms with van der Waals surface area (Å²) >= 11 is 5.75. The van der Waals surface area contributed by atoms with Gasteiger partial charge in [0.15, 0.2) is 0 Å². The number of nitrogens with one attached hydrogen (secondary N) is 1. The first-order chi connectivity index (χ1) is 10.4. The van der Waals surface area contributed by atoms with Crippen molar-refractivity contribution in [2.24, 2.45) is 5.92 Å². The molecule has 0 spiro atoms. The van der Waals surface area contributed by atoms with E-state index in [0.717, 1.165) is 38.2 Å². The van der Waals surface area contributed by atoms with E-state index in [1.54, 1.807) is 6.07 Å². The summed E-state index contributed by atoms with van der Waals surface area (Å²) in [7, 11) is 0. The molecular weight excluding hydrogens is 384 g/mol. The predicted molar refractivity (Wildman–Crippen MR) is 95.5 cm³/mol. The van der Waals surface area contributed by atoms with Gasteiger partial charge in [0.2, 0.25) is 0 Å². The summed E-state index contributed by atoms with van der Waals surface area (Å²) in [5.41, 5.74) is 0.0214. The molecule has 24 heavy (non-hydrogen) atoms. The Kier molecular flexibility index (Phi) is 8.14. The molecule has 0 unspecified atom stereocenters. The third-order valence-electron chi connectivity index (χ3n) is 4.53. The quantitative estimate of drug-likeness (QED) is 0.762. The summed E-state index contributed by atoms with van der Waals surface area (Å²) in [6.45, 7) is 3.53. The Balaban J connectivity index is 0.00000144. The van der Waals surface area contributed by atoms with Crippen LogP contribution in [-0.4, -0.2) is 31.1 Å². The number of nitrogens with zero attached hydrogens (tertiary/aromatic N) is 1. The van der Waals surface area contributed by atoms with Crippen molar-refractivity contribution >= 4 is 36.4 Å². The highest BCUT2D eigenvalue weighted by molar-refractivity contribution is 6.31. The van der Waals surface area contributed by atoms with Crippen molar-refractivity contribution in [1.29, 1.82) is 0 Å². The normalized spacial score (nSPS) is 20.0. The molecule has 0 bridgehead atoms. The van der Waals surface area contributed by atoms with Crippen molar-refractivity contribution in [2.75, 3.05) is 26.2 Å². The van der Waals surface area contributed by atoms with Gasteiger partial charge in [0.05, 0.1) is 10.6 Å². The minimum atomic E-state index is -4.40. The van der Waals surface area contributed by atoms with Crippen LogP contribution in [-0.2, 0) is 6.18 Å². The lowest BCUT2D eigenvalue weighted by atomic mass is 9.97. The first-order valence-electron chi connectivity index (χ1n) is 7.76. The zero-order valence-corrected chi connectivity index (χ0v) is 15.5. The van der Waals surface area contributed by atoms with E-state index in [1.165, 1.54) is 25.0 Å². The van der Waals surface area contributed by atoms with Gasteiger partial charge >= 0.3 is 6.18 Å². The topological polar surface area (TPSA) is 15.3 Å². The number of hydrogen-bond acceptors (Lipinski definition) is 2. The molecule has 0 radical (unpaired) electrons. The fraction of sp³-hybridized carbons (Fsp3) is 0.625. The van der Waals surface area contributed by atoms with Gasteiger partial charge in [-0.1, -0.05) is 30.5 Å². The molecule has 1 saturated heterocycles. The molecule has 3 rings (SSSR count). The van der Waals surface area contributed by atoms with Gasteiger partial charge in [0.1, 0.15) is 0 Å². The molecular formula is C16H22Cl3F3N2. The van der Waals surface area contributed by atoms with Crippen LogP contribution in [0, 0.1) is 5.92 Å². The maximum absolute atomic E-state index is 13.1. The van der Waals surface area contributed by atoms with E-state index in [-0.39, 0.29) is 35.9 Å². The minimum absolute atomic E-state index is 0. The van der Waals surface area contributed by atoms with Crippen LogP contribution < -0.4 is 5.32 Å². The second kappa shape index (κ2) is 8.95. The van der Waals surface area contributed by atoms with Gasteiger partial charge in [-0.25, -0.2) is 0 Å². The number of rotatable bonds is 4. The Labute approximate surface area is 157 Å². The number of halogens is 6. The van der Waals surface area contributed by atoms with Crippen LogP contribution in [0.5, 0.6) is 0 Å². The van der Waals surface area contributed by atoms with E-state index in [9.17, 15) is 13.2 Å². The summed E-state index contributed by atoms with van der Waals surface area (Å²) in [6.07, 6.45) is -1.07. The van der Waals surface area contributed by atoms with Crippen LogP contribution in [0.15, 0.2) is 18.2 Å². The molecule has 1 aliphatic carbocycles. The van der Waals surface area contributed by atoms with Crippen molar-refractivity contribution in [1.82, 2.24) is 10.2 Å². The molecule has 2 nitrogen and oxygen atoms in total. The fourth-order valence-electron chi connectivity index (χ4n) is 3.13. The average Bonchev–Trinajstić information content (AvgIpc) is 3.29. The molecule has 0 amide bonds. The Morgan fingerprint density at radius 2 is 1.79 bits per heavy atom. The van der Waals surface area contributed by atoms with Crippen molar-refractivity contribution < 1.29 is 13.2 Å². The average molecular weight is 406 g/mol. The van der Waals surface area contributed by atoms with Crippen LogP contribution in [0.4, 0.5) is 13.2 Å². The van der Waals surface area contributed by atoms with Crippen LogP contribution in [0.25, 0.3) is 0 Å². The molecule has 1 aliphatic heterocycles. The molecule has 1 aromatic carbocycles. The largest absolute Gasteiger partial charge is 0.417 e.